The molecular formula is C26H24F3NO8S2. The average molecular weight is 600 g/mol. The van der Waals surface area contributed by atoms with Gasteiger partial charge in [-0.1, -0.05) is 60.7 Å². The molecule has 0 aromatic heterocycles. The Hall–Kier alpha value is -3.52. The molecule has 0 bridgehead atoms. The number of halogens is 3. The van der Waals surface area contributed by atoms with Crippen LogP contribution in [0, 0.1) is 5.92 Å². The van der Waals surface area contributed by atoms with E-state index in [1.165, 1.54) is 0 Å². The van der Waals surface area contributed by atoms with Crippen LogP contribution in [-0.4, -0.2) is 53.4 Å². The number of nitrogens with zero attached hydrogens (tertiary/aromatic N) is 1. The van der Waals surface area contributed by atoms with Crippen molar-refractivity contribution in [3.05, 3.63) is 83.2 Å². The third-order valence-electron chi connectivity index (χ3n) is 5.71. The highest BCUT2D eigenvalue weighted by molar-refractivity contribution is 8.00. The summed E-state index contributed by atoms with van der Waals surface area (Å²) in [5.41, 5.74) is -6.58. The summed E-state index contributed by atoms with van der Waals surface area (Å²) >= 11 is 0.753. The third-order valence-corrected chi connectivity index (χ3v) is 7.95. The maximum absolute atomic E-state index is 13.6. The number of esters is 2. The lowest BCUT2D eigenvalue weighted by molar-refractivity contribution is -0.175. The summed E-state index contributed by atoms with van der Waals surface area (Å²) in [6.07, 6.45) is -1.08. The van der Waals surface area contributed by atoms with E-state index in [1.807, 2.05) is 0 Å². The Balaban J connectivity index is 1.74. The van der Waals surface area contributed by atoms with Gasteiger partial charge in [0.2, 0.25) is 5.91 Å². The quantitative estimate of drug-likeness (QED) is 0.151. The molecule has 4 rings (SSSR count). The molecule has 2 atom stereocenters. The molecule has 0 saturated carbocycles. The van der Waals surface area contributed by atoms with Crippen molar-refractivity contribution < 1.29 is 49.6 Å². The second-order valence-electron chi connectivity index (χ2n) is 9.78. The Morgan fingerprint density at radius 3 is 1.98 bits per heavy atom. The number of ether oxygens (including phenoxy) is 2. The summed E-state index contributed by atoms with van der Waals surface area (Å²) in [5.74, 6) is -6.07. The largest absolute Gasteiger partial charge is 0.534 e. The molecule has 2 aromatic carbocycles. The fourth-order valence-electron chi connectivity index (χ4n) is 4.02. The molecule has 40 heavy (non-hydrogen) atoms. The van der Waals surface area contributed by atoms with Crippen LogP contribution in [0.2, 0.25) is 0 Å². The van der Waals surface area contributed by atoms with E-state index in [1.54, 1.807) is 81.4 Å². The minimum atomic E-state index is -6.19. The smallest absolute Gasteiger partial charge is 0.459 e. The van der Waals surface area contributed by atoms with E-state index < -0.39 is 73.7 Å². The van der Waals surface area contributed by atoms with Crippen molar-refractivity contribution in [1.29, 1.82) is 0 Å². The van der Waals surface area contributed by atoms with Crippen molar-refractivity contribution in [1.82, 2.24) is 4.90 Å². The zero-order valence-corrected chi connectivity index (χ0v) is 23.0. The van der Waals surface area contributed by atoms with Crippen LogP contribution in [0.4, 0.5) is 13.2 Å². The lowest BCUT2D eigenvalue weighted by Crippen LogP contribution is -2.64. The number of carbonyl (C=O) groups is 3. The van der Waals surface area contributed by atoms with E-state index in [4.69, 9.17) is 9.47 Å². The minimum absolute atomic E-state index is 0.497. The second-order valence-corrected chi connectivity index (χ2v) is 12.4. The number of amides is 1. The molecule has 2 aliphatic heterocycles. The number of fused-ring (bicyclic) bond motifs is 1. The number of alkyl halides is 3. The van der Waals surface area contributed by atoms with E-state index >= 15 is 0 Å². The van der Waals surface area contributed by atoms with Crippen LogP contribution in [0.5, 0.6) is 0 Å². The molecule has 0 aliphatic carbocycles. The first-order valence-corrected chi connectivity index (χ1v) is 14.3. The summed E-state index contributed by atoms with van der Waals surface area (Å²) in [4.78, 5) is 40.1. The predicted molar refractivity (Wildman–Crippen MR) is 136 cm³/mol. The molecule has 0 N–H and O–H groups in total. The van der Waals surface area contributed by atoms with Gasteiger partial charge in [-0.15, -0.1) is 11.8 Å². The van der Waals surface area contributed by atoms with Gasteiger partial charge in [0.15, 0.2) is 23.5 Å². The van der Waals surface area contributed by atoms with Crippen LogP contribution in [0.15, 0.2) is 72.1 Å². The van der Waals surface area contributed by atoms with Crippen molar-refractivity contribution in [3.8, 4) is 0 Å². The highest BCUT2D eigenvalue weighted by Gasteiger charge is 2.60. The first-order valence-electron chi connectivity index (χ1n) is 11.8. The van der Waals surface area contributed by atoms with Gasteiger partial charge in [0.1, 0.15) is 11.0 Å². The van der Waals surface area contributed by atoms with Gasteiger partial charge in [0.05, 0.1) is 5.75 Å². The van der Waals surface area contributed by atoms with E-state index in [2.05, 4.69) is 4.18 Å². The van der Waals surface area contributed by atoms with Gasteiger partial charge in [-0.25, -0.2) is 4.79 Å². The lowest BCUT2D eigenvalue weighted by atomic mass is 9.96. The number of hydrogen-bond donors (Lipinski definition) is 0. The van der Waals surface area contributed by atoms with Gasteiger partial charge in [-0.3, -0.25) is 14.5 Å². The number of β-lactam (4-membered cyclic amide) rings is 1. The highest BCUT2D eigenvalue weighted by atomic mass is 32.2. The monoisotopic (exact) mass is 599 g/mol. The second kappa shape index (κ2) is 10.8. The Bertz CT molecular complexity index is 1400. The Kier molecular flexibility index (Phi) is 7.96. The van der Waals surface area contributed by atoms with Gasteiger partial charge >= 0.3 is 27.6 Å². The normalized spacial score (nSPS) is 19.6. The topological polar surface area (TPSA) is 116 Å². The maximum Gasteiger partial charge on any atom is 0.534 e. The summed E-state index contributed by atoms with van der Waals surface area (Å²) in [7, 11) is -6.19. The Labute approximate surface area is 232 Å². The summed E-state index contributed by atoms with van der Waals surface area (Å²) < 4.78 is 78.5. The van der Waals surface area contributed by atoms with Crippen molar-refractivity contribution in [2.45, 2.75) is 43.4 Å². The van der Waals surface area contributed by atoms with Crippen LogP contribution in [0.1, 0.15) is 38.0 Å². The lowest BCUT2D eigenvalue weighted by Gasteiger charge is -2.48. The first-order chi connectivity index (χ1) is 18.6. The van der Waals surface area contributed by atoms with Crippen molar-refractivity contribution in [3.63, 3.8) is 0 Å². The molecule has 2 heterocycles. The third kappa shape index (κ3) is 5.97. The van der Waals surface area contributed by atoms with Gasteiger partial charge < -0.3 is 13.7 Å². The highest BCUT2D eigenvalue weighted by Crippen LogP contribution is 2.46. The maximum atomic E-state index is 13.6. The van der Waals surface area contributed by atoms with E-state index in [9.17, 15) is 36.0 Å². The van der Waals surface area contributed by atoms with Gasteiger partial charge in [-0.05, 0) is 31.9 Å². The summed E-state index contributed by atoms with van der Waals surface area (Å²) in [6.45, 7) is 4.76. The molecule has 1 saturated heterocycles. The van der Waals surface area contributed by atoms with Crippen LogP contribution in [0.25, 0.3) is 0 Å². The van der Waals surface area contributed by atoms with Crippen LogP contribution >= 0.6 is 11.8 Å². The van der Waals surface area contributed by atoms with Crippen molar-refractivity contribution in [2.24, 2.45) is 5.92 Å². The average Bonchev–Trinajstić information content (AvgIpc) is 2.86. The van der Waals surface area contributed by atoms with Crippen LogP contribution < -0.4 is 0 Å². The Morgan fingerprint density at radius 1 is 0.975 bits per heavy atom. The van der Waals surface area contributed by atoms with Gasteiger partial charge in [-0.2, -0.15) is 21.6 Å². The van der Waals surface area contributed by atoms with Gasteiger partial charge in [0, 0.05) is 0 Å². The molecule has 1 amide bonds. The molecule has 2 aromatic rings. The zero-order chi connectivity index (χ0) is 29.5. The van der Waals surface area contributed by atoms with Crippen LogP contribution in [0.3, 0.4) is 0 Å². The van der Waals surface area contributed by atoms with E-state index in [0.29, 0.717) is 11.1 Å². The minimum Gasteiger partial charge on any atom is -0.459 e. The van der Waals surface area contributed by atoms with Crippen LogP contribution in [-0.2, 0) is 38.2 Å². The molecule has 0 spiro atoms. The standard InChI is InChI=1S/C26H24F3NO8S2/c1-25(2,3)37-23(32)18-21(31)30-19(17(14-39-22(18)30)38-40(34,35)26(27,28)29)24(33)36-20(15-10-6-4-7-11-15)16-12-8-5-9-13-16/h4-13,18,20,22H,14H2,1-3H3/t18?,22-/m1/s1. The number of benzene rings is 2. The van der Waals surface area contributed by atoms with E-state index in [0.717, 1.165) is 16.7 Å². The fourth-order valence-corrected chi connectivity index (χ4v) is 5.89. The van der Waals surface area contributed by atoms with Gasteiger partial charge in [0.25, 0.3) is 0 Å². The predicted octanol–water partition coefficient (Wildman–Crippen LogP) is 4.27. The Morgan fingerprint density at radius 2 is 1.50 bits per heavy atom. The SMILES string of the molecule is CC(C)(C)OC(=O)C1C(=O)N2C(C(=O)OC(c3ccccc3)c3ccccc3)=C(OS(=O)(=O)C(F)(F)F)CS[C@H]12. The molecule has 14 heteroatoms. The molecule has 214 valence electrons. The van der Waals surface area contributed by atoms with E-state index in [-0.39, 0.29) is 0 Å². The first kappa shape index (κ1) is 29.5. The zero-order valence-electron chi connectivity index (χ0n) is 21.4. The molecule has 9 nitrogen and oxygen atoms in total. The summed E-state index contributed by atoms with van der Waals surface area (Å²) in [5, 5.41) is -1.06. The molecule has 0 radical (unpaired) electrons. The molecular weight excluding hydrogens is 575 g/mol. The number of hydrogen-bond acceptors (Lipinski definition) is 9. The number of carbonyl (C=O) groups excluding carboxylic acids is 3. The van der Waals surface area contributed by atoms with Crippen molar-refractivity contribution in [2.75, 3.05) is 5.75 Å². The summed E-state index contributed by atoms with van der Waals surface area (Å²) in [6, 6.07) is 16.8. The molecule has 2 aliphatic rings. The number of thioether (sulfide) groups is 1. The molecule has 1 fully saturated rings. The number of rotatable bonds is 7. The molecule has 1 unspecified atom stereocenters. The van der Waals surface area contributed by atoms with Crippen molar-refractivity contribution >= 4 is 39.7 Å². The fraction of sp³-hybridized carbons (Fsp3) is 0.346.